The molecule has 1 saturated heterocycles. The Morgan fingerprint density at radius 1 is 1.07 bits per heavy atom. The number of benzene rings is 2. The normalized spacial score (nSPS) is 16.1. The highest BCUT2D eigenvalue weighted by atomic mass is 32.2. The van der Waals surface area contributed by atoms with Gasteiger partial charge in [0.15, 0.2) is 0 Å². The number of fused-ring (bicyclic) bond motifs is 1. The highest BCUT2D eigenvalue weighted by Crippen LogP contribution is 2.30. The van der Waals surface area contributed by atoms with Gasteiger partial charge < -0.3 is 14.4 Å². The van der Waals surface area contributed by atoms with Crippen molar-refractivity contribution in [2.24, 2.45) is 0 Å². The van der Waals surface area contributed by atoms with Crippen LogP contribution in [0.4, 0.5) is 0 Å². The predicted molar refractivity (Wildman–Crippen MR) is 118 cm³/mol. The maximum absolute atomic E-state index is 13.4. The van der Waals surface area contributed by atoms with E-state index in [0.29, 0.717) is 17.0 Å². The molecule has 0 spiro atoms. The zero-order valence-electron chi connectivity index (χ0n) is 17.7. The molecule has 3 aromatic rings. The molecule has 1 aromatic heterocycles. The van der Waals surface area contributed by atoms with Gasteiger partial charge in [0.1, 0.15) is 17.6 Å². The van der Waals surface area contributed by atoms with Crippen LogP contribution in [0.1, 0.15) is 25.3 Å². The Kier molecular flexibility index (Phi) is 5.75. The lowest BCUT2D eigenvalue weighted by molar-refractivity contribution is 0.113. The number of ether oxygens (including phenoxy) is 2. The molecular weight excluding hydrogens is 400 g/mol. The van der Waals surface area contributed by atoms with Crippen LogP contribution in [-0.2, 0) is 16.4 Å². The third-order valence-corrected chi connectivity index (χ3v) is 7.48. The summed E-state index contributed by atoms with van der Waals surface area (Å²) in [6.45, 7) is 4.03. The number of hydrogen-bond acceptors (Lipinski definition) is 5. The lowest BCUT2D eigenvalue weighted by atomic mass is 10.1. The summed E-state index contributed by atoms with van der Waals surface area (Å²) in [6, 6.07) is 12.4. The Morgan fingerprint density at radius 2 is 1.83 bits per heavy atom. The number of aromatic nitrogens is 1. The summed E-state index contributed by atoms with van der Waals surface area (Å²) in [5.41, 5.74) is 1.64. The first kappa shape index (κ1) is 20.8. The van der Waals surface area contributed by atoms with Crippen molar-refractivity contribution in [3.8, 4) is 11.5 Å². The first-order valence-electron chi connectivity index (χ1n) is 10.3. The molecule has 30 heavy (non-hydrogen) atoms. The van der Waals surface area contributed by atoms with E-state index in [9.17, 15) is 8.42 Å². The molecule has 0 aliphatic carbocycles. The number of likely N-dealkylation sites (tertiary alicyclic amines) is 1. The largest absolute Gasteiger partial charge is 0.497 e. The number of aryl methyl sites for hydroxylation is 1. The number of methoxy groups -OCH3 is 1. The molecule has 160 valence electrons. The first-order valence-corrected chi connectivity index (χ1v) is 11.7. The molecule has 0 saturated carbocycles. The smallest absolute Gasteiger partial charge is 0.268 e. The van der Waals surface area contributed by atoms with Crippen molar-refractivity contribution in [3.05, 3.63) is 54.2 Å². The van der Waals surface area contributed by atoms with Crippen LogP contribution in [0.3, 0.4) is 0 Å². The minimum Gasteiger partial charge on any atom is -0.497 e. The van der Waals surface area contributed by atoms with E-state index in [1.54, 1.807) is 43.6 Å². The highest BCUT2D eigenvalue weighted by Gasteiger charge is 2.23. The Balaban J connectivity index is 1.69. The molecule has 0 amide bonds. The second-order valence-electron chi connectivity index (χ2n) is 7.78. The lowest BCUT2D eigenvalue weighted by Crippen LogP contribution is -2.35. The summed E-state index contributed by atoms with van der Waals surface area (Å²) in [7, 11) is -0.0489. The first-order chi connectivity index (χ1) is 14.4. The third-order valence-electron chi connectivity index (χ3n) is 5.80. The molecule has 7 heteroatoms. The fraction of sp³-hybridized carbons (Fsp3) is 0.391. The van der Waals surface area contributed by atoms with E-state index in [1.807, 2.05) is 12.1 Å². The molecule has 1 fully saturated rings. The highest BCUT2D eigenvalue weighted by molar-refractivity contribution is 7.90. The van der Waals surface area contributed by atoms with Crippen LogP contribution in [0.25, 0.3) is 10.9 Å². The van der Waals surface area contributed by atoms with Crippen LogP contribution in [0, 0.1) is 0 Å². The van der Waals surface area contributed by atoms with Gasteiger partial charge in [0.2, 0.25) is 0 Å². The van der Waals surface area contributed by atoms with Gasteiger partial charge in [-0.3, -0.25) is 0 Å². The average Bonchev–Trinajstić information content (AvgIpc) is 3.19. The van der Waals surface area contributed by atoms with Crippen molar-refractivity contribution in [3.63, 3.8) is 0 Å². The number of rotatable bonds is 6. The quantitative estimate of drug-likeness (QED) is 0.596. The molecule has 2 aromatic carbocycles. The van der Waals surface area contributed by atoms with Crippen molar-refractivity contribution in [2.45, 2.75) is 37.2 Å². The van der Waals surface area contributed by atoms with Crippen molar-refractivity contribution in [2.75, 3.05) is 27.2 Å². The van der Waals surface area contributed by atoms with E-state index in [1.165, 1.54) is 3.97 Å². The maximum Gasteiger partial charge on any atom is 0.268 e. The Morgan fingerprint density at radius 3 is 2.53 bits per heavy atom. The Labute approximate surface area is 178 Å². The van der Waals surface area contributed by atoms with E-state index in [4.69, 9.17) is 9.47 Å². The van der Waals surface area contributed by atoms with Crippen molar-refractivity contribution in [1.82, 2.24) is 8.87 Å². The molecule has 0 atom stereocenters. The lowest BCUT2D eigenvalue weighted by Gasteiger charge is -2.30. The minimum atomic E-state index is -3.75. The Hall–Kier alpha value is -2.51. The van der Waals surface area contributed by atoms with Gasteiger partial charge in [-0.25, -0.2) is 12.4 Å². The summed E-state index contributed by atoms with van der Waals surface area (Å²) >= 11 is 0. The number of hydrogen-bond donors (Lipinski definition) is 0. The van der Waals surface area contributed by atoms with Crippen LogP contribution in [-0.4, -0.2) is 50.6 Å². The summed E-state index contributed by atoms with van der Waals surface area (Å²) in [5, 5.41) is 0.811. The molecule has 0 N–H and O–H groups in total. The van der Waals surface area contributed by atoms with E-state index in [2.05, 4.69) is 18.9 Å². The van der Waals surface area contributed by atoms with Gasteiger partial charge in [0.25, 0.3) is 10.0 Å². The number of piperidine rings is 1. The van der Waals surface area contributed by atoms with Gasteiger partial charge >= 0.3 is 0 Å². The minimum absolute atomic E-state index is 0.115. The molecule has 0 radical (unpaired) electrons. The molecule has 2 heterocycles. The molecule has 6 nitrogen and oxygen atoms in total. The molecule has 0 bridgehead atoms. The van der Waals surface area contributed by atoms with Gasteiger partial charge in [-0.05, 0) is 62.2 Å². The van der Waals surface area contributed by atoms with E-state index < -0.39 is 10.0 Å². The third kappa shape index (κ3) is 3.91. The summed E-state index contributed by atoms with van der Waals surface area (Å²) in [4.78, 5) is 2.52. The Bertz CT molecular complexity index is 1150. The van der Waals surface area contributed by atoms with Crippen LogP contribution in [0.15, 0.2) is 53.6 Å². The van der Waals surface area contributed by atoms with Crippen LogP contribution < -0.4 is 9.47 Å². The van der Waals surface area contributed by atoms with Gasteiger partial charge in [-0.2, -0.15) is 0 Å². The second-order valence-corrected chi connectivity index (χ2v) is 9.60. The van der Waals surface area contributed by atoms with Crippen molar-refractivity contribution < 1.29 is 17.9 Å². The number of nitrogens with zero attached hydrogens (tertiary/aromatic N) is 2. The van der Waals surface area contributed by atoms with Gasteiger partial charge in [-0.1, -0.05) is 13.0 Å². The van der Waals surface area contributed by atoms with Gasteiger partial charge in [0, 0.05) is 30.7 Å². The van der Waals surface area contributed by atoms with Crippen molar-refractivity contribution in [1.29, 1.82) is 0 Å². The van der Waals surface area contributed by atoms with E-state index >= 15 is 0 Å². The zero-order chi connectivity index (χ0) is 21.3. The van der Waals surface area contributed by atoms with Crippen LogP contribution >= 0.6 is 0 Å². The topological polar surface area (TPSA) is 60.8 Å². The second kappa shape index (κ2) is 8.32. The van der Waals surface area contributed by atoms with Crippen LogP contribution in [0.2, 0.25) is 0 Å². The van der Waals surface area contributed by atoms with Crippen molar-refractivity contribution >= 4 is 20.9 Å². The fourth-order valence-electron chi connectivity index (χ4n) is 3.92. The standard InChI is InChI=1S/C23H28N2O4S/c1-4-17-5-7-21(16-23(17)29-19-10-12-24(2)13-11-19)30(26,27)25-14-9-18-15-20(28-3)6-8-22(18)25/h5-9,14-16,19H,4,10-13H2,1-3H3. The SMILES string of the molecule is CCc1ccc(S(=O)(=O)n2ccc3cc(OC)ccc32)cc1OC1CCN(C)CC1. The average molecular weight is 429 g/mol. The molecule has 1 aliphatic rings. The van der Waals surface area contributed by atoms with Gasteiger partial charge in [0.05, 0.1) is 17.5 Å². The predicted octanol–water partition coefficient (Wildman–Crippen LogP) is 3.92. The molecule has 4 rings (SSSR count). The molecule has 0 unspecified atom stereocenters. The van der Waals surface area contributed by atoms with E-state index in [0.717, 1.165) is 43.3 Å². The summed E-state index contributed by atoms with van der Waals surface area (Å²) in [6.07, 6.45) is 4.38. The maximum atomic E-state index is 13.4. The van der Waals surface area contributed by atoms with Crippen LogP contribution in [0.5, 0.6) is 11.5 Å². The molecular formula is C23H28N2O4S. The fourth-order valence-corrected chi connectivity index (χ4v) is 5.29. The molecule has 1 aliphatic heterocycles. The zero-order valence-corrected chi connectivity index (χ0v) is 18.5. The summed E-state index contributed by atoms with van der Waals surface area (Å²) < 4.78 is 39.7. The monoisotopic (exact) mass is 428 g/mol. The van der Waals surface area contributed by atoms with Gasteiger partial charge in [-0.15, -0.1) is 0 Å². The van der Waals surface area contributed by atoms with E-state index in [-0.39, 0.29) is 11.0 Å². The summed E-state index contributed by atoms with van der Waals surface area (Å²) in [5.74, 6) is 1.37.